The summed E-state index contributed by atoms with van der Waals surface area (Å²) in [5, 5.41) is 4.09. The molecule has 1 aromatic carbocycles. The standard InChI is InChI=1S/C15H22ClN3O/c1-12-9-19(7-6-17-12)11-15(20)18(2)10-13-4-3-5-14(16)8-13/h3-5,8,12,17H,6-7,9-11H2,1-2H3/t12-/m0/s1. The molecule has 0 bridgehead atoms. The zero-order chi connectivity index (χ0) is 14.5. The predicted octanol–water partition coefficient (Wildman–Crippen LogP) is 1.59. The van der Waals surface area contributed by atoms with Crippen LogP contribution in [0.1, 0.15) is 12.5 Å². The number of halogens is 1. The summed E-state index contributed by atoms with van der Waals surface area (Å²) in [7, 11) is 1.84. The maximum Gasteiger partial charge on any atom is 0.236 e. The predicted molar refractivity (Wildman–Crippen MR) is 81.8 cm³/mol. The maximum atomic E-state index is 12.2. The summed E-state index contributed by atoms with van der Waals surface area (Å²) in [6.07, 6.45) is 0. The van der Waals surface area contributed by atoms with Crippen molar-refractivity contribution < 1.29 is 4.79 Å². The van der Waals surface area contributed by atoms with E-state index in [-0.39, 0.29) is 5.91 Å². The monoisotopic (exact) mass is 295 g/mol. The second kappa shape index (κ2) is 7.07. The molecule has 0 unspecified atom stereocenters. The number of likely N-dealkylation sites (N-methyl/N-ethyl adjacent to an activating group) is 1. The third kappa shape index (κ3) is 4.47. The van der Waals surface area contributed by atoms with Crippen molar-refractivity contribution in [2.75, 3.05) is 33.2 Å². The number of hydrogen-bond donors (Lipinski definition) is 1. The van der Waals surface area contributed by atoms with Gasteiger partial charge in [-0.2, -0.15) is 0 Å². The van der Waals surface area contributed by atoms with Crippen LogP contribution < -0.4 is 5.32 Å². The molecule has 1 amide bonds. The Bertz CT molecular complexity index is 466. The molecule has 1 atom stereocenters. The molecule has 0 aliphatic carbocycles. The summed E-state index contributed by atoms with van der Waals surface area (Å²) < 4.78 is 0. The summed E-state index contributed by atoms with van der Waals surface area (Å²) in [5.41, 5.74) is 1.06. The van der Waals surface area contributed by atoms with Crippen molar-refractivity contribution in [3.8, 4) is 0 Å². The minimum atomic E-state index is 0.152. The molecule has 1 heterocycles. The van der Waals surface area contributed by atoms with Crippen LogP contribution >= 0.6 is 11.6 Å². The van der Waals surface area contributed by atoms with Crippen molar-refractivity contribution in [3.63, 3.8) is 0 Å². The van der Waals surface area contributed by atoms with Crippen molar-refractivity contribution in [1.82, 2.24) is 15.1 Å². The minimum absolute atomic E-state index is 0.152. The van der Waals surface area contributed by atoms with Gasteiger partial charge in [0.25, 0.3) is 0 Å². The normalized spacial score (nSPS) is 19.9. The zero-order valence-electron chi connectivity index (χ0n) is 12.1. The van der Waals surface area contributed by atoms with Crippen LogP contribution in [0.15, 0.2) is 24.3 Å². The molecule has 1 saturated heterocycles. The van der Waals surface area contributed by atoms with Gasteiger partial charge in [-0.1, -0.05) is 23.7 Å². The average Bonchev–Trinajstić information content (AvgIpc) is 2.38. The van der Waals surface area contributed by atoms with Crippen molar-refractivity contribution in [1.29, 1.82) is 0 Å². The first-order chi connectivity index (χ1) is 9.54. The molecule has 1 N–H and O–H groups in total. The lowest BCUT2D eigenvalue weighted by atomic mass is 10.2. The molecule has 5 heteroatoms. The number of hydrogen-bond acceptors (Lipinski definition) is 3. The molecule has 2 rings (SSSR count). The topological polar surface area (TPSA) is 35.6 Å². The first kappa shape index (κ1) is 15.3. The van der Waals surface area contributed by atoms with Crippen LogP contribution in [0.4, 0.5) is 0 Å². The quantitative estimate of drug-likeness (QED) is 0.916. The fourth-order valence-corrected chi connectivity index (χ4v) is 2.68. The number of benzene rings is 1. The summed E-state index contributed by atoms with van der Waals surface area (Å²) >= 11 is 5.96. The van der Waals surface area contributed by atoms with Gasteiger partial charge in [-0.3, -0.25) is 9.69 Å². The van der Waals surface area contributed by atoms with Gasteiger partial charge in [0.05, 0.1) is 6.54 Å². The largest absolute Gasteiger partial charge is 0.340 e. The van der Waals surface area contributed by atoms with Crippen molar-refractivity contribution >= 4 is 17.5 Å². The summed E-state index contributed by atoms with van der Waals surface area (Å²) in [4.78, 5) is 16.2. The van der Waals surface area contributed by atoms with Gasteiger partial charge in [0, 0.05) is 44.3 Å². The Hall–Kier alpha value is -1.10. The van der Waals surface area contributed by atoms with E-state index in [1.165, 1.54) is 0 Å². The van der Waals surface area contributed by atoms with Crippen LogP contribution in [-0.2, 0) is 11.3 Å². The van der Waals surface area contributed by atoms with E-state index >= 15 is 0 Å². The maximum absolute atomic E-state index is 12.2. The van der Waals surface area contributed by atoms with E-state index in [4.69, 9.17) is 11.6 Å². The Balaban J connectivity index is 1.85. The van der Waals surface area contributed by atoms with E-state index in [0.29, 0.717) is 24.2 Å². The Kier molecular flexibility index (Phi) is 5.40. The van der Waals surface area contributed by atoms with E-state index in [1.54, 1.807) is 4.90 Å². The van der Waals surface area contributed by atoms with Gasteiger partial charge >= 0.3 is 0 Å². The Morgan fingerprint density at radius 1 is 1.55 bits per heavy atom. The van der Waals surface area contributed by atoms with Crippen molar-refractivity contribution in [2.45, 2.75) is 19.5 Å². The number of piperazine rings is 1. The highest BCUT2D eigenvalue weighted by Crippen LogP contribution is 2.12. The molecule has 20 heavy (non-hydrogen) atoms. The Morgan fingerprint density at radius 2 is 2.35 bits per heavy atom. The van der Waals surface area contributed by atoms with Crippen LogP contribution in [0, 0.1) is 0 Å². The molecule has 0 radical (unpaired) electrons. The molecule has 1 aromatic rings. The van der Waals surface area contributed by atoms with Crippen LogP contribution in [-0.4, -0.2) is 55.0 Å². The Morgan fingerprint density at radius 3 is 3.05 bits per heavy atom. The molecule has 0 aromatic heterocycles. The van der Waals surface area contributed by atoms with Gasteiger partial charge in [0.15, 0.2) is 0 Å². The van der Waals surface area contributed by atoms with Gasteiger partial charge in [-0.15, -0.1) is 0 Å². The second-order valence-corrected chi connectivity index (χ2v) is 5.91. The lowest BCUT2D eigenvalue weighted by molar-refractivity contribution is -0.131. The molecular weight excluding hydrogens is 274 g/mol. The van der Waals surface area contributed by atoms with Crippen LogP contribution in [0.25, 0.3) is 0 Å². The van der Waals surface area contributed by atoms with Gasteiger partial charge in [-0.05, 0) is 24.6 Å². The molecule has 0 spiro atoms. The third-order valence-electron chi connectivity index (χ3n) is 3.55. The number of carbonyl (C=O) groups excluding carboxylic acids is 1. The molecule has 1 aliphatic rings. The Labute approximate surface area is 125 Å². The molecule has 1 fully saturated rings. The van der Waals surface area contributed by atoms with E-state index in [2.05, 4.69) is 17.1 Å². The van der Waals surface area contributed by atoms with Crippen LogP contribution in [0.5, 0.6) is 0 Å². The van der Waals surface area contributed by atoms with E-state index in [9.17, 15) is 4.79 Å². The van der Waals surface area contributed by atoms with Crippen LogP contribution in [0.2, 0.25) is 5.02 Å². The van der Waals surface area contributed by atoms with E-state index < -0.39 is 0 Å². The highest BCUT2D eigenvalue weighted by molar-refractivity contribution is 6.30. The number of nitrogens with one attached hydrogen (secondary N) is 1. The zero-order valence-corrected chi connectivity index (χ0v) is 12.9. The summed E-state index contributed by atoms with van der Waals surface area (Å²) in [6, 6.07) is 8.10. The smallest absolute Gasteiger partial charge is 0.236 e. The average molecular weight is 296 g/mol. The third-order valence-corrected chi connectivity index (χ3v) is 3.78. The molecule has 0 saturated carbocycles. The van der Waals surface area contributed by atoms with Gasteiger partial charge < -0.3 is 10.2 Å². The highest BCUT2D eigenvalue weighted by atomic mass is 35.5. The van der Waals surface area contributed by atoms with Gasteiger partial charge in [0.1, 0.15) is 0 Å². The summed E-state index contributed by atoms with van der Waals surface area (Å²) in [5.74, 6) is 0.152. The highest BCUT2D eigenvalue weighted by Gasteiger charge is 2.19. The first-order valence-electron chi connectivity index (χ1n) is 6.99. The van der Waals surface area contributed by atoms with Gasteiger partial charge in [-0.25, -0.2) is 0 Å². The molecule has 110 valence electrons. The number of carbonyl (C=O) groups is 1. The van der Waals surface area contributed by atoms with Crippen LogP contribution in [0.3, 0.4) is 0 Å². The summed E-state index contributed by atoms with van der Waals surface area (Å²) in [6.45, 7) is 6.04. The lowest BCUT2D eigenvalue weighted by Gasteiger charge is -2.32. The second-order valence-electron chi connectivity index (χ2n) is 5.47. The van der Waals surface area contributed by atoms with E-state index in [1.807, 2.05) is 31.3 Å². The molecule has 1 aliphatic heterocycles. The number of amides is 1. The van der Waals surface area contributed by atoms with Crippen molar-refractivity contribution in [3.05, 3.63) is 34.9 Å². The fraction of sp³-hybridized carbons (Fsp3) is 0.533. The molecular formula is C15H22ClN3O. The lowest BCUT2D eigenvalue weighted by Crippen LogP contribution is -2.51. The SMILES string of the molecule is C[C@H]1CN(CC(=O)N(C)Cc2cccc(Cl)c2)CCN1. The number of rotatable bonds is 4. The molecule has 4 nitrogen and oxygen atoms in total. The number of nitrogens with zero attached hydrogens (tertiary/aromatic N) is 2. The minimum Gasteiger partial charge on any atom is -0.340 e. The van der Waals surface area contributed by atoms with E-state index in [0.717, 1.165) is 25.2 Å². The fourth-order valence-electron chi connectivity index (χ4n) is 2.47. The van der Waals surface area contributed by atoms with Gasteiger partial charge in [0.2, 0.25) is 5.91 Å². The first-order valence-corrected chi connectivity index (χ1v) is 7.36. The van der Waals surface area contributed by atoms with Crippen molar-refractivity contribution in [2.24, 2.45) is 0 Å².